The lowest BCUT2D eigenvalue weighted by molar-refractivity contribution is -0.137. The van der Waals surface area contributed by atoms with Crippen molar-refractivity contribution in [2.75, 3.05) is 0 Å². The minimum atomic E-state index is -1.68. The van der Waals surface area contributed by atoms with E-state index in [2.05, 4.69) is 0 Å². The molecule has 0 radical (unpaired) electrons. The fourth-order valence-corrected chi connectivity index (χ4v) is 2.25. The van der Waals surface area contributed by atoms with Gasteiger partial charge in [0.25, 0.3) is 0 Å². The zero-order valence-corrected chi connectivity index (χ0v) is 9.90. The number of hydrogen-bond donors (Lipinski definition) is 2. The van der Waals surface area contributed by atoms with Crippen LogP contribution in [0.25, 0.3) is 0 Å². The van der Waals surface area contributed by atoms with Crippen LogP contribution in [-0.4, -0.2) is 22.2 Å². The molecular weight excluding hydrogens is 258 g/mol. The monoisotopic (exact) mass is 270 g/mol. The Labute approximate surface area is 107 Å². The second-order valence-corrected chi connectivity index (χ2v) is 4.71. The molecule has 1 atom stereocenters. The number of aromatic carboxylic acids is 1. The van der Waals surface area contributed by atoms with Gasteiger partial charge in [-0.1, -0.05) is 0 Å². The quantitative estimate of drug-likeness (QED) is 0.862. The number of rotatable bonds is 5. The first-order chi connectivity index (χ1) is 8.90. The fraction of sp³-hybridized carbons (Fsp3) is 0.385. The summed E-state index contributed by atoms with van der Waals surface area (Å²) in [5.74, 6) is -5.42. The third-order valence-corrected chi connectivity index (χ3v) is 3.29. The molecule has 1 aromatic rings. The van der Waals surface area contributed by atoms with Crippen molar-refractivity contribution in [2.24, 2.45) is 5.92 Å². The van der Waals surface area contributed by atoms with Gasteiger partial charge in [-0.3, -0.25) is 4.79 Å². The first-order valence-corrected chi connectivity index (χ1v) is 5.84. The highest BCUT2D eigenvalue weighted by Crippen LogP contribution is 2.45. The maximum Gasteiger partial charge on any atom is 0.341 e. The van der Waals surface area contributed by atoms with E-state index in [1.54, 1.807) is 0 Å². The number of carboxylic acid groups (broad SMARTS) is 2. The molecule has 102 valence electrons. The average Bonchev–Trinajstić information content (AvgIpc) is 3.07. The highest BCUT2D eigenvalue weighted by Gasteiger charge is 2.35. The Morgan fingerprint density at radius 3 is 2.11 bits per heavy atom. The van der Waals surface area contributed by atoms with E-state index in [0.717, 1.165) is 25.0 Å². The van der Waals surface area contributed by atoms with Gasteiger partial charge >= 0.3 is 11.9 Å². The number of benzene rings is 1. The van der Waals surface area contributed by atoms with Crippen LogP contribution in [0.3, 0.4) is 0 Å². The van der Waals surface area contributed by atoms with Crippen LogP contribution in [0.5, 0.6) is 0 Å². The van der Waals surface area contributed by atoms with E-state index in [1.165, 1.54) is 0 Å². The summed E-state index contributed by atoms with van der Waals surface area (Å²) in [7, 11) is 0. The van der Waals surface area contributed by atoms with E-state index in [0.29, 0.717) is 0 Å². The average molecular weight is 270 g/mol. The van der Waals surface area contributed by atoms with E-state index in [1.807, 2.05) is 0 Å². The third-order valence-electron chi connectivity index (χ3n) is 3.29. The van der Waals surface area contributed by atoms with E-state index in [-0.39, 0.29) is 17.9 Å². The summed E-state index contributed by atoms with van der Waals surface area (Å²) in [5, 5.41) is 17.5. The smallest absolute Gasteiger partial charge is 0.341 e. The van der Waals surface area contributed by atoms with E-state index in [4.69, 9.17) is 10.2 Å². The summed E-state index contributed by atoms with van der Waals surface area (Å²) in [4.78, 5) is 21.5. The van der Waals surface area contributed by atoms with Crippen LogP contribution in [0.15, 0.2) is 12.1 Å². The van der Waals surface area contributed by atoms with Crippen LogP contribution < -0.4 is 0 Å². The maximum atomic E-state index is 13.6. The number of carbonyl (C=O) groups is 2. The Morgan fingerprint density at radius 1 is 1.21 bits per heavy atom. The number of aliphatic carboxylic acids is 1. The Bertz CT molecular complexity index is 514. The largest absolute Gasteiger partial charge is 0.481 e. The van der Waals surface area contributed by atoms with Gasteiger partial charge in [0.15, 0.2) is 0 Å². The topological polar surface area (TPSA) is 74.6 Å². The lowest BCUT2D eigenvalue weighted by Gasteiger charge is -2.15. The molecule has 2 rings (SSSR count). The van der Waals surface area contributed by atoms with Gasteiger partial charge in [-0.25, -0.2) is 13.6 Å². The molecule has 0 spiro atoms. The molecule has 0 heterocycles. The molecule has 19 heavy (non-hydrogen) atoms. The number of halogens is 2. The predicted octanol–water partition coefficient (Wildman–Crippen LogP) is 2.63. The lowest BCUT2D eigenvalue weighted by atomic mass is 9.90. The lowest BCUT2D eigenvalue weighted by Crippen LogP contribution is -2.12. The van der Waals surface area contributed by atoms with Gasteiger partial charge in [-0.15, -0.1) is 0 Å². The van der Waals surface area contributed by atoms with Crippen LogP contribution in [0.1, 0.15) is 41.1 Å². The number of carboxylic acids is 2. The Morgan fingerprint density at radius 2 is 1.74 bits per heavy atom. The zero-order valence-electron chi connectivity index (χ0n) is 9.90. The summed E-state index contributed by atoms with van der Waals surface area (Å²) in [6.45, 7) is 0. The van der Waals surface area contributed by atoms with Crippen molar-refractivity contribution in [1.29, 1.82) is 0 Å². The molecule has 4 nitrogen and oxygen atoms in total. The Balaban J connectivity index is 2.38. The number of hydrogen-bond acceptors (Lipinski definition) is 2. The maximum absolute atomic E-state index is 13.6. The highest BCUT2D eigenvalue weighted by atomic mass is 19.1. The minimum Gasteiger partial charge on any atom is -0.481 e. The summed E-state index contributed by atoms with van der Waals surface area (Å²) in [6, 6.07) is 1.86. The van der Waals surface area contributed by atoms with Crippen molar-refractivity contribution >= 4 is 11.9 Å². The fourth-order valence-electron chi connectivity index (χ4n) is 2.25. The van der Waals surface area contributed by atoms with Crippen molar-refractivity contribution in [3.63, 3.8) is 0 Å². The molecule has 1 fully saturated rings. The predicted molar refractivity (Wildman–Crippen MR) is 61.0 cm³/mol. The van der Waals surface area contributed by atoms with Gasteiger partial charge in [-0.2, -0.15) is 0 Å². The summed E-state index contributed by atoms with van der Waals surface area (Å²) in [6.07, 6.45) is 1.43. The standard InChI is InChI=1S/C13H12F2O4/c14-9-3-7(4-10(15)12(9)13(18)19)8(5-11(16)17)6-1-2-6/h3-4,6,8H,1-2,5H2,(H,16,17)(H,18,19). The Hall–Kier alpha value is -1.98. The summed E-state index contributed by atoms with van der Waals surface area (Å²) >= 11 is 0. The van der Waals surface area contributed by atoms with Crippen molar-refractivity contribution in [3.8, 4) is 0 Å². The summed E-state index contributed by atoms with van der Waals surface area (Å²) < 4.78 is 27.2. The molecule has 6 heteroatoms. The van der Waals surface area contributed by atoms with Crippen molar-refractivity contribution in [3.05, 3.63) is 34.9 Å². The Kier molecular flexibility index (Phi) is 3.50. The molecule has 0 amide bonds. The van der Waals surface area contributed by atoms with Gasteiger partial charge in [0.1, 0.15) is 17.2 Å². The van der Waals surface area contributed by atoms with Crippen LogP contribution in [0.2, 0.25) is 0 Å². The molecule has 1 unspecified atom stereocenters. The minimum absolute atomic E-state index is 0.102. The van der Waals surface area contributed by atoms with Gasteiger partial charge in [0.2, 0.25) is 0 Å². The van der Waals surface area contributed by atoms with E-state index < -0.39 is 35.1 Å². The molecule has 1 saturated carbocycles. The highest BCUT2D eigenvalue weighted by molar-refractivity contribution is 5.88. The second-order valence-electron chi connectivity index (χ2n) is 4.71. The molecule has 0 saturated heterocycles. The van der Waals surface area contributed by atoms with Crippen LogP contribution in [0.4, 0.5) is 8.78 Å². The molecule has 0 aromatic heterocycles. The van der Waals surface area contributed by atoms with Crippen LogP contribution in [0, 0.1) is 17.6 Å². The van der Waals surface area contributed by atoms with Crippen LogP contribution >= 0.6 is 0 Å². The van der Waals surface area contributed by atoms with Crippen molar-refractivity contribution in [1.82, 2.24) is 0 Å². The molecule has 1 aromatic carbocycles. The molecule has 0 bridgehead atoms. The van der Waals surface area contributed by atoms with E-state index in [9.17, 15) is 18.4 Å². The van der Waals surface area contributed by atoms with Crippen molar-refractivity contribution < 1.29 is 28.6 Å². The van der Waals surface area contributed by atoms with Crippen LogP contribution in [-0.2, 0) is 4.79 Å². The SMILES string of the molecule is O=C(O)CC(c1cc(F)c(C(=O)O)c(F)c1)C1CC1. The van der Waals surface area contributed by atoms with Crippen molar-refractivity contribution in [2.45, 2.75) is 25.2 Å². The third kappa shape index (κ3) is 2.89. The first-order valence-electron chi connectivity index (χ1n) is 5.84. The second kappa shape index (κ2) is 4.95. The molecular formula is C13H12F2O4. The molecule has 1 aliphatic rings. The molecule has 0 aliphatic heterocycles. The summed E-state index contributed by atoms with van der Waals surface area (Å²) in [5.41, 5.74) is -0.793. The molecule has 1 aliphatic carbocycles. The first kappa shape index (κ1) is 13.5. The molecule has 2 N–H and O–H groups in total. The van der Waals surface area contributed by atoms with Gasteiger partial charge in [0, 0.05) is 0 Å². The van der Waals surface area contributed by atoms with Gasteiger partial charge in [0.05, 0.1) is 6.42 Å². The normalized spacial score (nSPS) is 16.1. The van der Waals surface area contributed by atoms with Gasteiger partial charge < -0.3 is 10.2 Å². The zero-order chi connectivity index (χ0) is 14.2. The van der Waals surface area contributed by atoms with E-state index >= 15 is 0 Å². The van der Waals surface area contributed by atoms with Gasteiger partial charge in [-0.05, 0) is 42.4 Å².